The lowest BCUT2D eigenvalue weighted by atomic mass is 10.1. The fourth-order valence-corrected chi connectivity index (χ4v) is 1.51. The van der Waals surface area contributed by atoms with Crippen LogP contribution in [0.25, 0.3) is 6.08 Å². The molecule has 0 amide bonds. The zero-order chi connectivity index (χ0) is 9.80. The topological polar surface area (TPSA) is 16.4 Å². The van der Waals surface area contributed by atoms with E-state index in [1.807, 2.05) is 18.2 Å². The minimum absolute atomic E-state index is 0.921. The van der Waals surface area contributed by atoms with Crippen LogP contribution >= 0.6 is 0 Å². The van der Waals surface area contributed by atoms with Crippen LogP contribution in [0.15, 0.2) is 40.5 Å². The number of hydrogen-bond acceptors (Lipinski definition) is 2. The van der Waals surface area contributed by atoms with E-state index in [2.05, 4.69) is 24.1 Å². The third kappa shape index (κ3) is 2.36. The molecule has 0 N–H and O–H groups in total. The van der Waals surface area contributed by atoms with Gasteiger partial charge in [-0.25, -0.2) is 0 Å². The second-order valence-corrected chi connectivity index (χ2v) is 3.64. The molecular weight excluding hydrogens is 174 g/mol. The number of likely N-dealkylation sites (N-methyl/N-ethyl adjacent to an activating group) is 1. The molecule has 1 aromatic heterocycles. The molecule has 74 valence electrons. The summed E-state index contributed by atoms with van der Waals surface area (Å²) in [6.45, 7) is 2.20. The first-order valence-corrected chi connectivity index (χ1v) is 4.94. The molecule has 2 heteroatoms. The van der Waals surface area contributed by atoms with Crippen LogP contribution in [0.1, 0.15) is 12.2 Å². The predicted octanol–water partition coefficient (Wildman–Crippen LogP) is 2.55. The highest BCUT2D eigenvalue weighted by molar-refractivity contribution is 5.47. The Balaban J connectivity index is 1.98. The van der Waals surface area contributed by atoms with Crippen molar-refractivity contribution in [3.8, 4) is 0 Å². The summed E-state index contributed by atoms with van der Waals surface area (Å²) in [5.74, 6) is 0.921. The van der Waals surface area contributed by atoms with E-state index in [-0.39, 0.29) is 0 Å². The van der Waals surface area contributed by atoms with Gasteiger partial charge in [0.1, 0.15) is 5.76 Å². The molecule has 0 atom stereocenters. The molecule has 1 aliphatic heterocycles. The summed E-state index contributed by atoms with van der Waals surface area (Å²) in [6, 6.07) is 3.87. The molecule has 0 fully saturated rings. The molecule has 2 rings (SSSR count). The van der Waals surface area contributed by atoms with Gasteiger partial charge < -0.3 is 9.32 Å². The Bertz CT molecular complexity index is 335. The fourth-order valence-electron chi connectivity index (χ4n) is 1.51. The second-order valence-electron chi connectivity index (χ2n) is 3.64. The molecule has 1 aliphatic rings. The van der Waals surface area contributed by atoms with Gasteiger partial charge in [-0.3, -0.25) is 0 Å². The molecule has 2 heterocycles. The highest BCUT2D eigenvalue weighted by atomic mass is 16.3. The molecular formula is C12H15NO. The zero-order valence-electron chi connectivity index (χ0n) is 8.44. The lowest BCUT2D eigenvalue weighted by molar-refractivity contribution is 0.361. The van der Waals surface area contributed by atoms with E-state index in [9.17, 15) is 0 Å². The fraction of sp³-hybridized carbons (Fsp3) is 0.333. The first kappa shape index (κ1) is 9.28. The molecule has 0 saturated carbocycles. The van der Waals surface area contributed by atoms with Crippen molar-refractivity contribution in [3.63, 3.8) is 0 Å². The Labute approximate surface area is 84.5 Å². The second kappa shape index (κ2) is 4.29. The van der Waals surface area contributed by atoms with Crippen molar-refractivity contribution in [2.75, 3.05) is 20.1 Å². The van der Waals surface area contributed by atoms with Gasteiger partial charge in [-0.05, 0) is 37.3 Å². The van der Waals surface area contributed by atoms with Crippen LogP contribution in [-0.4, -0.2) is 25.0 Å². The van der Waals surface area contributed by atoms with Gasteiger partial charge in [0.25, 0.3) is 0 Å². The molecule has 0 saturated heterocycles. The van der Waals surface area contributed by atoms with Crippen LogP contribution in [-0.2, 0) is 0 Å². The summed E-state index contributed by atoms with van der Waals surface area (Å²) in [6.07, 6.45) is 9.27. The average molecular weight is 189 g/mol. The smallest absolute Gasteiger partial charge is 0.126 e. The highest BCUT2D eigenvalue weighted by Gasteiger charge is 2.04. The number of furan rings is 1. The van der Waals surface area contributed by atoms with Gasteiger partial charge in [-0.1, -0.05) is 12.2 Å². The Morgan fingerprint density at radius 3 is 3.00 bits per heavy atom. The van der Waals surface area contributed by atoms with E-state index in [0.29, 0.717) is 0 Å². The number of nitrogens with zero attached hydrogens (tertiary/aromatic N) is 1. The van der Waals surface area contributed by atoms with Crippen LogP contribution in [0.2, 0.25) is 0 Å². The van der Waals surface area contributed by atoms with Crippen molar-refractivity contribution >= 4 is 6.08 Å². The maximum atomic E-state index is 5.22. The summed E-state index contributed by atoms with van der Waals surface area (Å²) < 4.78 is 5.22. The lowest BCUT2D eigenvalue weighted by Crippen LogP contribution is -2.23. The summed E-state index contributed by atoms with van der Waals surface area (Å²) in [5, 5.41) is 0. The quantitative estimate of drug-likeness (QED) is 0.711. The zero-order valence-corrected chi connectivity index (χ0v) is 8.44. The molecule has 0 unspecified atom stereocenters. The summed E-state index contributed by atoms with van der Waals surface area (Å²) in [5.41, 5.74) is 1.40. The van der Waals surface area contributed by atoms with E-state index in [0.717, 1.165) is 25.3 Å². The van der Waals surface area contributed by atoms with Gasteiger partial charge in [0, 0.05) is 13.1 Å². The van der Waals surface area contributed by atoms with Crippen molar-refractivity contribution in [2.24, 2.45) is 0 Å². The van der Waals surface area contributed by atoms with Gasteiger partial charge in [0.2, 0.25) is 0 Å². The van der Waals surface area contributed by atoms with Crippen molar-refractivity contribution in [3.05, 3.63) is 41.9 Å². The Morgan fingerprint density at radius 1 is 1.43 bits per heavy atom. The minimum Gasteiger partial charge on any atom is -0.465 e. The van der Waals surface area contributed by atoms with Crippen molar-refractivity contribution in [1.82, 2.24) is 4.90 Å². The number of hydrogen-bond donors (Lipinski definition) is 0. The Hall–Kier alpha value is -1.28. The molecule has 0 aromatic carbocycles. The standard InChI is InChI=1S/C12H15NO/c1-13-8-6-11(7-9-13)4-5-12-3-2-10-14-12/h2-6,10H,7-9H2,1H3. The van der Waals surface area contributed by atoms with Crippen LogP contribution in [0.3, 0.4) is 0 Å². The molecule has 14 heavy (non-hydrogen) atoms. The van der Waals surface area contributed by atoms with Crippen LogP contribution in [0.5, 0.6) is 0 Å². The Kier molecular flexibility index (Phi) is 2.84. The number of allylic oxidation sites excluding steroid dienone is 1. The van der Waals surface area contributed by atoms with Gasteiger partial charge >= 0.3 is 0 Å². The summed E-state index contributed by atoms with van der Waals surface area (Å²) in [4.78, 5) is 2.31. The molecule has 2 nitrogen and oxygen atoms in total. The summed E-state index contributed by atoms with van der Waals surface area (Å²) >= 11 is 0. The van der Waals surface area contributed by atoms with Crippen LogP contribution in [0, 0.1) is 0 Å². The molecule has 0 aliphatic carbocycles. The summed E-state index contributed by atoms with van der Waals surface area (Å²) in [7, 11) is 2.14. The minimum atomic E-state index is 0.921. The van der Waals surface area contributed by atoms with Gasteiger partial charge in [-0.15, -0.1) is 0 Å². The third-order valence-corrected chi connectivity index (χ3v) is 2.45. The monoisotopic (exact) mass is 189 g/mol. The van der Waals surface area contributed by atoms with E-state index in [1.54, 1.807) is 6.26 Å². The first-order valence-electron chi connectivity index (χ1n) is 4.94. The molecule has 0 bridgehead atoms. The molecule has 0 radical (unpaired) electrons. The van der Waals surface area contributed by atoms with Gasteiger partial charge in [0.15, 0.2) is 0 Å². The van der Waals surface area contributed by atoms with E-state index < -0.39 is 0 Å². The van der Waals surface area contributed by atoms with Crippen molar-refractivity contribution < 1.29 is 4.42 Å². The third-order valence-electron chi connectivity index (χ3n) is 2.45. The average Bonchev–Trinajstić information content (AvgIpc) is 2.70. The normalized spacial score (nSPS) is 18.8. The van der Waals surface area contributed by atoms with E-state index in [4.69, 9.17) is 4.42 Å². The maximum Gasteiger partial charge on any atom is 0.126 e. The van der Waals surface area contributed by atoms with E-state index in [1.165, 1.54) is 5.57 Å². The van der Waals surface area contributed by atoms with Crippen molar-refractivity contribution in [1.29, 1.82) is 0 Å². The Morgan fingerprint density at radius 2 is 2.36 bits per heavy atom. The van der Waals surface area contributed by atoms with Crippen LogP contribution in [0.4, 0.5) is 0 Å². The molecule has 1 aromatic rings. The maximum absolute atomic E-state index is 5.22. The highest BCUT2D eigenvalue weighted by Crippen LogP contribution is 2.12. The van der Waals surface area contributed by atoms with Crippen molar-refractivity contribution in [2.45, 2.75) is 6.42 Å². The first-order chi connectivity index (χ1) is 6.84. The molecule has 0 spiro atoms. The predicted molar refractivity (Wildman–Crippen MR) is 57.9 cm³/mol. The van der Waals surface area contributed by atoms with Gasteiger partial charge in [0.05, 0.1) is 6.26 Å². The van der Waals surface area contributed by atoms with Crippen LogP contribution < -0.4 is 0 Å². The largest absolute Gasteiger partial charge is 0.465 e. The lowest BCUT2D eigenvalue weighted by Gasteiger charge is -2.20. The van der Waals surface area contributed by atoms with E-state index >= 15 is 0 Å². The number of rotatable bonds is 2. The van der Waals surface area contributed by atoms with Gasteiger partial charge in [-0.2, -0.15) is 0 Å². The SMILES string of the molecule is CN1CC=C(C=Cc2ccco2)CC1.